The predicted octanol–water partition coefficient (Wildman–Crippen LogP) is 2.64. The van der Waals surface area contributed by atoms with E-state index >= 15 is 0 Å². The van der Waals surface area contributed by atoms with Crippen molar-refractivity contribution < 1.29 is 4.92 Å². The fourth-order valence-electron chi connectivity index (χ4n) is 2.67. The third kappa shape index (κ3) is 2.39. The number of hydrogen-bond donors (Lipinski definition) is 1. The van der Waals surface area contributed by atoms with E-state index in [9.17, 15) is 10.1 Å². The van der Waals surface area contributed by atoms with Crippen LogP contribution in [-0.2, 0) is 0 Å². The standard InChI is InChI=1S/C16H12N6O2/c23-22(24)13-8-6-11(7-9-13)14-10-15(12-4-2-1-3-5-12)21-16(17-14)18-19-20-21/h1-10,15H,(H,17,18,20)/t15-/m0/s1. The van der Waals surface area contributed by atoms with Gasteiger partial charge in [-0.1, -0.05) is 35.4 Å². The summed E-state index contributed by atoms with van der Waals surface area (Å²) in [5.41, 5.74) is 2.74. The zero-order chi connectivity index (χ0) is 16.5. The highest BCUT2D eigenvalue weighted by atomic mass is 16.6. The zero-order valence-electron chi connectivity index (χ0n) is 12.4. The lowest BCUT2D eigenvalue weighted by atomic mass is 10.0. The second kappa shape index (κ2) is 5.58. The van der Waals surface area contributed by atoms with Gasteiger partial charge in [0.05, 0.1) is 4.92 Å². The van der Waals surface area contributed by atoms with Crippen LogP contribution in [0.3, 0.4) is 0 Å². The molecule has 0 amide bonds. The summed E-state index contributed by atoms with van der Waals surface area (Å²) in [4.78, 5) is 10.4. The van der Waals surface area contributed by atoms with Crippen molar-refractivity contribution in [3.63, 3.8) is 0 Å². The van der Waals surface area contributed by atoms with Crippen LogP contribution in [0.15, 0.2) is 60.7 Å². The van der Waals surface area contributed by atoms with Crippen LogP contribution < -0.4 is 5.32 Å². The van der Waals surface area contributed by atoms with Gasteiger partial charge in [-0.2, -0.15) is 4.68 Å². The molecule has 4 rings (SSSR count). The molecule has 0 saturated carbocycles. The number of aromatic nitrogens is 4. The lowest BCUT2D eigenvalue weighted by Gasteiger charge is -2.23. The van der Waals surface area contributed by atoms with Gasteiger partial charge in [-0.15, -0.1) is 0 Å². The van der Waals surface area contributed by atoms with Gasteiger partial charge in [-0.05, 0) is 39.8 Å². The number of tetrazole rings is 1. The van der Waals surface area contributed by atoms with E-state index in [1.165, 1.54) is 12.1 Å². The van der Waals surface area contributed by atoms with Crippen LogP contribution in [-0.4, -0.2) is 25.1 Å². The lowest BCUT2D eigenvalue weighted by Crippen LogP contribution is -2.20. The van der Waals surface area contributed by atoms with Crippen LogP contribution in [0, 0.1) is 10.1 Å². The molecule has 8 heteroatoms. The first-order chi connectivity index (χ1) is 11.7. The first-order valence-corrected chi connectivity index (χ1v) is 7.29. The monoisotopic (exact) mass is 320 g/mol. The zero-order valence-corrected chi connectivity index (χ0v) is 12.4. The maximum Gasteiger partial charge on any atom is 0.269 e. The summed E-state index contributed by atoms with van der Waals surface area (Å²) >= 11 is 0. The van der Waals surface area contributed by atoms with Gasteiger partial charge in [-0.25, -0.2) is 0 Å². The van der Waals surface area contributed by atoms with E-state index in [1.807, 2.05) is 36.4 Å². The molecule has 24 heavy (non-hydrogen) atoms. The first-order valence-electron chi connectivity index (χ1n) is 7.29. The second-order valence-electron chi connectivity index (χ2n) is 5.31. The van der Waals surface area contributed by atoms with E-state index in [0.29, 0.717) is 5.95 Å². The first kappa shape index (κ1) is 14.1. The van der Waals surface area contributed by atoms with Crippen molar-refractivity contribution in [3.8, 4) is 0 Å². The van der Waals surface area contributed by atoms with Crippen LogP contribution in [0.2, 0.25) is 0 Å². The van der Waals surface area contributed by atoms with E-state index in [2.05, 4.69) is 20.8 Å². The van der Waals surface area contributed by atoms with Crippen molar-refractivity contribution >= 4 is 17.3 Å². The highest BCUT2D eigenvalue weighted by Gasteiger charge is 2.24. The van der Waals surface area contributed by atoms with E-state index in [1.54, 1.807) is 16.8 Å². The van der Waals surface area contributed by atoms with Gasteiger partial charge in [0.2, 0.25) is 5.95 Å². The largest absolute Gasteiger partial charge is 0.323 e. The molecule has 0 spiro atoms. The van der Waals surface area contributed by atoms with Crippen LogP contribution >= 0.6 is 0 Å². The van der Waals surface area contributed by atoms with Crippen molar-refractivity contribution in [2.24, 2.45) is 0 Å². The Balaban J connectivity index is 1.76. The SMILES string of the molecule is O=[N+]([O-])c1ccc(C2=C[C@@H](c3ccccc3)n3nnnc3N2)cc1. The van der Waals surface area contributed by atoms with Crippen LogP contribution in [0.4, 0.5) is 11.6 Å². The number of rotatable bonds is 3. The average Bonchev–Trinajstić information content (AvgIpc) is 3.10. The normalized spacial score (nSPS) is 16.0. The molecular weight excluding hydrogens is 308 g/mol. The molecular formula is C16H12N6O2. The molecule has 1 aliphatic heterocycles. The number of nitro benzene ring substituents is 1. The van der Waals surface area contributed by atoms with Gasteiger partial charge < -0.3 is 5.32 Å². The summed E-state index contributed by atoms with van der Waals surface area (Å²) in [5, 5.41) is 25.7. The van der Waals surface area contributed by atoms with Gasteiger partial charge in [0.25, 0.3) is 5.69 Å². The Kier molecular flexibility index (Phi) is 3.27. The summed E-state index contributed by atoms with van der Waals surface area (Å²) < 4.78 is 1.70. The van der Waals surface area contributed by atoms with Gasteiger partial charge >= 0.3 is 0 Å². The Morgan fingerprint density at radius 3 is 2.54 bits per heavy atom. The maximum absolute atomic E-state index is 10.8. The molecule has 0 saturated heterocycles. The number of fused-ring (bicyclic) bond motifs is 1. The summed E-state index contributed by atoms with van der Waals surface area (Å²) in [6.07, 6.45) is 2.00. The maximum atomic E-state index is 10.8. The molecule has 0 aliphatic carbocycles. The molecule has 0 bridgehead atoms. The fourth-order valence-corrected chi connectivity index (χ4v) is 2.67. The van der Waals surface area contributed by atoms with Crippen molar-refractivity contribution in [3.05, 3.63) is 81.9 Å². The summed E-state index contributed by atoms with van der Waals surface area (Å²) in [6, 6.07) is 16.1. The van der Waals surface area contributed by atoms with Crippen LogP contribution in [0.1, 0.15) is 17.2 Å². The summed E-state index contributed by atoms with van der Waals surface area (Å²) in [7, 11) is 0. The predicted molar refractivity (Wildman–Crippen MR) is 87.1 cm³/mol. The number of nitrogens with zero attached hydrogens (tertiary/aromatic N) is 5. The molecule has 2 aromatic carbocycles. The van der Waals surface area contributed by atoms with E-state index in [4.69, 9.17) is 0 Å². The molecule has 1 atom stereocenters. The molecule has 0 unspecified atom stereocenters. The Bertz CT molecular complexity index is 917. The lowest BCUT2D eigenvalue weighted by molar-refractivity contribution is -0.384. The van der Waals surface area contributed by atoms with Crippen molar-refractivity contribution in [2.75, 3.05) is 5.32 Å². The number of allylic oxidation sites excluding steroid dienone is 1. The van der Waals surface area contributed by atoms with Gasteiger partial charge in [-0.3, -0.25) is 10.1 Å². The smallest absolute Gasteiger partial charge is 0.269 e. The summed E-state index contributed by atoms with van der Waals surface area (Å²) in [6.45, 7) is 0. The molecule has 1 aliphatic rings. The number of anilines is 1. The molecule has 1 N–H and O–H groups in total. The quantitative estimate of drug-likeness (QED) is 0.588. The molecule has 0 radical (unpaired) electrons. The van der Waals surface area contributed by atoms with E-state index in [0.717, 1.165) is 16.8 Å². The molecule has 3 aromatic rings. The number of nitrogens with one attached hydrogen (secondary N) is 1. The third-order valence-corrected chi connectivity index (χ3v) is 3.86. The Labute approximate surface area is 136 Å². The third-order valence-electron chi connectivity index (χ3n) is 3.86. The molecule has 118 valence electrons. The second-order valence-corrected chi connectivity index (χ2v) is 5.31. The van der Waals surface area contributed by atoms with Crippen molar-refractivity contribution in [1.82, 2.24) is 20.2 Å². The molecule has 8 nitrogen and oxygen atoms in total. The summed E-state index contributed by atoms with van der Waals surface area (Å²) in [5.74, 6) is 0.528. The Hall–Kier alpha value is -3.55. The number of hydrogen-bond acceptors (Lipinski definition) is 6. The van der Waals surface area contributed by atoms with Crippen molar-refractivity contribution in [2.45, 2.75) is 6.04 Å². The van der Waals surface area contributed by atoms with Crippen molar-refractivity contribution in [1.29, 1.82) is 0 Å². The van der Waals surface area contributed by atoms with Gasteiger partial charge in [0.1, 0.15) is 6.04 Å². The van der Waals surface area contributed by atoms with Crippen LogP contribution in [0.5, 0.6) is 0 Å². The van der Waals surface area contributed by atoms with E-state index < -0.39 is 4.92 Å². The Morgan fingerprint density at radius 1 is 1.08 bits per heavy atom. The van der Waals surface area contributed by atoms with Gasteiger partial charge in [0, 0.05) is 17.8 Å². The Morgan fingerprint density at radius 2 is 1.83 bits per heavy atom. The highest BCUT2D eigenvalue weighted by molar-refractivity contribution is 5.77. The van der Waals surface area contributed by atoms with Gasteiger partial charge in [0.15, 0.2) is 0 Å². The number of benzene rings is 2. The van der Waals surface area contributed by atoms with Crippen LogP contribution in [0.25, 0.3) is 5.70 Å². The average molecular weight is 320 g/mol. The minimum atomic E-state index is -0.417. The highest BCUT2D eigenvalue weighted by Crippen LogP contribution is 2.31. The number of non-ortho nitro benzene ring substituents is 1. The molecule has 2 heterocycles. The topological polar surface area (TPSA) is 98.8 Å². The van der Waals surface area contributed by atoms with E-state index in [-0.39, 0.29) is 11.7 Å². The minimum absolute atomic E-state index is 0.0552. The fraction of sp³-hybridized carbons (Fsp3) is 0.0625. The minimum Gasteiger partial charge on any atom is -0.323 e. The number of nitro groups is 1. The molecule has 0 fully saturated rings. The molecule has 1 aromatic heterocycles.